The summed E-state index contributed by atoms with van der Waals surface area (Å²) in [6.45, 7) is 5.94. The highest BCUT2D eigenvalue weighted by molar-refractivity contribution is 6.00. The van der Waals surface area contributed by atoms with Crippen molar-refractivity contribution in [3.8, 4) is 0 Å². The monoisotopic (exact) mass is 422 g/mol. The normalized spacial score (nSPS) is 15.8. The molecule has 1 saturated heterocycles. The van der Waals surface area contributed by atoms with Crippen LogP contribution in [-0.2, 0) is 25.5 Å². The Morgan fingerprint density at radius 3 is 2.58 bits per heavy atom. The van der Waals surface area contributed by atoms with Crippen molar-refractivity contribution in [3.63, 3.8) is 0 Å². The van der Waals surface area contributed by atoms with E-state index in [1.807, 2.05) is 56.3 Å². The van der Waals surface area contributed by atoms with E-state index < -0.39 is 17.8 Å². The molecule has 1 aliphatic heterocycles. The average Bonchev–Trinajstić information content (AvgIpc) is 3.16. The number of nitrogens with one attached hydrogen (secondary N) is 1. The van der Waals surface area contributed by atoms with Gasteiger partial charge in [-0.15, -0.1) is 0 Å². The predicted octanol–water partition coefficient (Wildman–Crippen LogP) is 4.18. The highest BCUT2D eigenvalue weighted by Crippen LogP contribution is 2.26. The fourth-order valence-electron chi connectivity index (χ4n) is 3.67. The quantitative estimate of drug-likeness (QED) is 0.648. The van der Waals surface area contributed by atoms with E-state index >= 15 is 0 Å². The lowest BCUT2D eigenvalue weighted by molar-refractivity contribution is -0.151. The fourth-order valence-corrected chi connectivity index (χ4v) is 3.67. The second kappa shape index (κ2) is 10.2. The van der Waals surface area contributed by atoms with Crippen molar-refractivity contribution in [1.82, 2.24) is 0 Å². The van der Waals surface area contributed by atoms with Crippen LogP contribution in [0.4, 0.5) is 11.4 Å². The van der Waals surface area contributed by atoms with Crippen molar-refractivity contribution in [3.05, 3.63) is 59.2 Å². The van der Waals surface area contributed by atoms with E-state index in [1.165, 1.54) is 5.56 Å². The molecule has 31 heavy (non-hydrogen) atoms. The van der Waals surface area contributed by atoms with Crippen LogP contribution in [0.3, 0.4) is 0 Å². The molecule has 0 saturated carbocycles. The van der Waals surface area contributed by atoms with Gasteiger partial charge in [0.15, 0.2) is 6.61 Å². The number of amides is 2. The molecule has 0 radical (unpaired) electrons. The molecule has 1 N–H and O–H groups in total. The molecule has 1 heterocycles. The first-order valence-corrected chi connectivity index (χ1v) is 10.8. The second-order valence-electron chi connectivity index (χ2n) is 8.08. The number of anilines is 2. The number of carbonyl (C=O) groups excluding carboxylic acids is 3. The zero-order chi connectivity index (χ0) is 22.4. The molecular weight excluding hydrogens is 392 g/mol. The Labute approximate surface area is 183 Å². The van der Waals surface area contributed by atoms with Gasteiger partial charge in [0.1, 0.15) is 0 Å². The topological polar surface area (TPSA) is 75.7 Å². The molecule has 6 nitrogen and oxygen atoms in total. The standard InChI is InChI=1S/C25H30N2O4/c1-4-5-8-19-10-12-21(13-11-19)27-15-20(14-24(27)29)25(30)31-16-23(28)26-22-9-6-7-17(2)18(22)3/h6-7,9-13,20H,4-5,8,14-16H2,1-3H3,(H,26,28)/t20-/m0/s1. The van der Waals surface area contributed by atoms with Crippen molar-refractivity contribution in [2.75, 3.05) is 23.4 Å². The van der Waals surface area contributed by atoms with Gasteiger partial charge in [0.2, 0.25) is 5.91 Å². The number of aryl methyl sites for hydroxylation is 2. The summed E-state index contributed by atoms with van der Waals surface area (Å²) in [4.78, 5) is 38.7. The van der Waals surface area contributed by atoms with E-state index in [0.717, 1.165) is 36.1 Å². The van der Waals surface area contributed by atoms with Gasteiger partial charge in [0.05, 0.1) is 5.92 Å². The molecule has 0 bridgehead atoms. The Balaban J connectivity index is 1.51. The first kappa shape index (κ1) is 22.5. The van der Waals surface area contributed by atoms with Crippen LogP contribution in [0, 0.1) is 19.8 Å². The molecule has 0 aromatic heterocycles. The summed E-state index contributed by atoms with van der Waals surface area (Å²) in [6.07, 6.45) is 3.38. The molecule has 3 rings (SSSR count). The van der Waals surface area contributed by atoms with Gasteiger partial charge in [-0.2, -0.15) is 0 Å². The Bertz CT molecular complexity index is 952. The highest BCUT2D eigenvalue weighted by Gasteiger charge is 2.36. The number of unbranched alkanes of at least 4 members (excludes halogenated alkanes) is 1. The van der Waals surface area contributed by atoms with E-state index in [9.17, 15) is 14.4 Å². The van der Waals surface area contributed by atoms with Crippen LogP contribution in [0.25, 0.3) is 0 Å². The SMILES string of the molecule is CCCCc1ccc(N2C[C@@H](C(=O)OCC(=O)Nc3cccc(C)c3C)CC2=O)cc1. The molecule has 0 aliphatic carbocycles. The summed E-state index contributed by atoms with van der Waals surface area (Å²) < 4.78 is 5.20. The van der Waals surface area contributed by atoms with Gasteiger partial charge in [-0.05, 0) is 61.6 Å². The van der Waals surface area contributed by atoms with Crippen molar-refractivity contribution >= 4 is 29.2 Å². The van der Waals surface area contributed by atoms with Crippen LogP contribution < -0.4 is 10.2 Å². The van der Waals surface area contributed by atoms with Crippen molar-refractivity contribution in [2.45, 2.75) is 46.5 Å². The van der Waals surface area contributed by atoms with E-state index in [1.54, 1.807) is 4.90 Å². The number of esters is 1. The molecule has 2 aromatic rings. The van der Waals surface area contributed by atoms with Gasteiger partial charge in [-0.1, -0.05) is 37.6 Å². The maximum Gasteiger partial charge on any atom is 0.311 e. The molecule has 1 atom stereocenters. The van der Waals surface area contributed by atoms with Gasteiger partial charge in [-0.25, -0.2) is 0 Å². The molecular formula is C25H30N2O4. The fraction of sp³-hybridized carbons (Fsp3) is 0.400. The summed E-state index contributed by atoms with van der Waals surface area (Å²) >= 11 is 0. The minimum Gasteiger partial charge on any atom is -0.455 e. The van der Waals surface area contributed by atoms with Crippen LogP contribution >= 0.6 is 0 Å². The molecule has 0 unspecified atom stereocenters. The third-order valence-electron chi connectivity index (χ3n) is 5.75. The van der Waals surface area contributed by atoms with E-state index in [2.05, 4.69) is 12.2 Å². The van der Waals surface area contributed by atoms with Crippen molar-refractivity contribution in [2.24, 2.45) is 5.92 Å². The lowest BCUT2D eigenvalue weighted by Gasteiger charge is -2.17. The third kappa shape index (κ3) is 5.72. The first-order chi connectivity index (χ1) is 14.9. The van der Waals surface area contributed by atoms with Crippen LogP contribution in [-0.4, -0.2) is 30.9 Å². The molecule has 1 fully saturated rings. The molecule has 164 valence electrons. The number of hydrogen-bond donors (Lipinski definition) is 1. The summed E-state index contributed by atoms with van der Waals surface area (Å²) in [5, 5.41) is 2.77. The lowest BCUT2D eigenvalue weighted by Crippen LogP contribution is -2.28. The Kier molecular flexibility index (Phi) is 7.45. The van der Waals surface area contributed by atoms with Crippen molar-refractivity contribution in [1.29, 1.82) is 0 Å². The smallest absolute Gasteiger partial charge is 0.311 e. The van der Waals surface area contributed by atoms with Crippen LogP contribution in [0.5, 0.6) is 0 Å². The molecule has 0 spiro atoms. The Morgan fingerprint density at radius 1 is 1.13 bits per heavy atom. The lowest BCUT2D eigenvalue weighted by atomic mass is 10.1. The van der Waals surface area contributed by atoms with Crippen LogP contribution in [0.15, 0.2) is 42.5 Å². The van der Waals surface area contributed by atoms with Gasteiger partial charge in [-0.3, -0.25) is 14.4 Å². The number of rotatable bonds is 8. The van der Waals surface area contributed by atoms with Gasteiger partial charge in [0, 0.05) is 24.3 Å². The first-order valence-electron chi connectivity index (χ1n) is 10.8. The van der Waals surface area contributed by atoms with E-state index in [-0.39, 0.29) is 25.5 Å². The van der Waals surface area contributed by atoms with Crippen molar-refractivity contribution < 1.29 is 19.1 Å². The number of ether oxygens (including phenoxy) is 1. The number of nitrogens with zero attached hydrogens (tertiary/aromatic N) is 1. The summed E-state index contributed by atoms with van der Waals surface area (Å²) in [5.74, 6) is -1.60. The van der Waals surface area contributed by atoms with Crippen LogP contribution in [0.1, 0.15) is 42.9 Å². The molecule has 2 aromatic carbocycles. The van der Waals surface area contributed by atoms with E-state index in [4.69, 9.17) is 4.74 Å². The zero-order valence-corrected chi connectivity index (χ0v) is 18.4. The maximum absolute atomic E-state index is 12.4. The molecule has 6 heteroatoms. The minimum absolute atomic E-state index is 0.0923. The van der Waals surface area contributed by atoms with Gasteiger partial charge >= 0.3 is 5.97 Å². The maximum atomic E-state index is 12.4. The summed E-state index contributed by atoms with van der Waals surface area (Å²) in [5.41, 5.74) is 4.76. The van der Waals surface area contributed by atoms with E-state index in [0.29, 0.717) is 5.69 Å². The number of benzene rings is 2. The highest BCUT2D eigenvalue weighted by atomic mass is 16.5. The van der Waals surface area contributed by atoms with Crippen LogP contribution in [0.2, 0.25) is 0 Å². The zero-order valence-electron chi connectivity index (χ0n) is 18.4. The Morgan fingerprint density at radius 2 is 1.87 bits per heavy atom. The number of carbonyl (C=O) groups is 3. The molecule has 2 amide bonds. The Hall–Kier alpha value is -3.15. The average molecular weight is 423 g/mol. The third-order valence-corrected chi connectivity index (χ3v) is 5.75. The summed E-state index contributed by atoms with van der Waals surface area (Å²) in [7, 11) is 0. The second-order valence-corrected chi connectivity index (χ2v) is 8.08. The largest absolute Gasteiger partial charge is 0.455 e. The molecule has 1 aliphatic rings. The predicted molar refractivity (Wildman–Crippen MR) is 121 cm³/mol. The van der Waals surface area contributed by atoms with Gasteiger partial charge < -0.3 is 15.0 Å². The minimum atomic E-state index is -0.569. The summed E-state index contributed by atoms with van der Waals surface area (Å²) in [6, 6.07) is 13.5. The number of hydrogen-bond acceptors (Lipinski definition) is 4. The van der Waals surface area contributed by atoms with Gasteiger partial charge in [0.25, 0.3) is 5.91 Å².